The smallest absolute Gasteiger partial charge is 0.288 e. The van der Waals surface area contributed by atoms with Crippen molar-refractivity contribution < 1.29 is 27.2 Å². The SMILES string of the molecule is CC(=O)N1CCN(C(=O)[C@H](NC(=O)c2ccco2)S(=O)(=O)c2ccc(Cl)cc2)CC1. The van der Waals surface area contributed by atoms with Gasteiger partial charge in [-0.25, -0.2) is 8.42 Å². The second-order valence-corrected chi connectivity index (χ2v) is 9.13. The number of amides is 3. The maximum atomic E-state index is 13.2. The molecule has 1 atom stereocenters. The third-order valence-corrected chi connectivity index (χ3v) is 6.84. The van der Waals surface area contributed by atoms with E-state index in [9.17, 15) is 22.8 Å². The number of benzene rings is 1. The number of hydrogen-bond donors (Lipinski definition) is 1. The third kappa shape index (κ3) is 4.65. The number of rotatable bonds is 5. The Balaban J connectivity index is 1.89. The van der Waals surface area contributed by atoms with Gasteiger partial charge >= 0.3 is 0 Å². The molecule has 1 fully saturated rings. The van der Waals surface area contributed by atoms with Gasteiger partial charge in [0.2, 0.25) is 21.1 Å². The molecule has 30 heavy (non-hydrogen) atoms. The van der Waals surface area contributed by atoms with E-state index in [0.717, 1.165) is 0 Å². The quantitative estimate of drug-likeness (QED) is 0.725. The van der Waals surface area contributed by atoms with Crippen molar-refractivity contribution in [3.63, 3.8) is 0 Å². The number of piperazine rings is 1. The highest BCUT2D eigenvalue weighted by Crippen LogP contribution is 2.20. The van der Waals surface area contributed by atoms with Crippen molar-refractivity contribution in [1.29, 1.82) is 0 Å². The molecule has 1 N–H and O–H groups in total. The number of carbonyl (C=O) groups excluding carboxylic acids is 3. The van der Waals surface area contributed by atoms with Crippen molar-refractivity contribution in [3.05, 3.63) is 53.4 Å². The lowest BCUT2D eigenvalue weighted by Gasteiger charge is -2.35. The molecule has 1 aromatic carbocycles. The zero-order valence-electron chi connectivity index (χ0n) is 16.1. The molecule has 9 nitrogen and oxygen atoms in total. The number of furan rings is 1. The van der Waals surface area contributed by atoms with Crippen LogP contribution in [-0.2, 0) is 19.4 Å². The second kappa shape index (κ2) is 8.88. The van der Waals surface area contributed by atoms with Gasteiger partial charge in [0.25, 0.3) is 11.8 Å². The van der Waals surface area contributed by atoms with Crippen molar-refractivity contribution in [2.45, 2.75) is 17.2 Å². The molecule has 1 aliphatic heterocycles. The van der Waals surface area contributed by atoms with Crippen LogP contribution in [0.2, 0.25) is 5.02 Å². The van der Waals surface area contributed by atoms with Gasteiger partial charge in [0.05, 0.1) is 11.2 Å². The van der Waals surface area contributed by atoms with Gasteiger partial charge in [-0.3, -0.25) is 14.4 Å². The third-order valence-electron chi connectivity index (χ3n) is 4.72. The van der Waals surface area contributed by atoms with Crippen LogP contribution < -0.4 is 5.32 Å². The molecule has 0 aliphatic carbocycles. The second-order valence-electron chi connectivity index (χ2n) is 6.66. The Labute approximate surface area is 178 Å². The van der Waals surface area contributed by atoms with Crippen molar-refractivity contribution in [2.24, 2.45) is 0 Å². The number of carbonyl (C=O) groups is 3. The van der Waals surface area contributed by atoms with Crippen LogP contribution in [0, 0.1) is 0 Å². The fourth-order valence-corrected chi connectivity index (χ4v) is 4.63. The van der Waals surface area contributed by atoms with E-state index in [2.05, 4.69) is 5.32 Å². The Morgan fingerprint density at radius 3 is 2.17 bits per heavy atom. The van der Waals surface area contributed by atoms with Gasteiger partial charge in [0, 0.05) is 38.1 Å². The zero-order chi connectivity index (χ0) is 21.9. The first-order chi connectivity index (χ1) is 14.2. The molecule has 2 heterocycles. The first-order valence-corrected chi connectivity index (χ1v) is 11.0. The molecule has 1 saturated heterocycles. The van der Waals surface area contributed by atoms with E-state index in [4.69, 9.17) is 16.0 Å². The van der Waals surface area contributed by atoms with Gasteiger partial charge in [0.15, 0.2) is 5.76 Å². The lowest BCUT2D eigenvalue weighted by atomic mass is 10.3. The summed E-state index contributed by atoms with van der Waals surface area (Å²) in [5, 5.41) is 0.748. The summed E-state index contributed by atoms with van der Waals surface area (Å²) in [7, 11) is -4.29. The predicted molar refractivity (Wildman–Crippen MR) is 107 cm³/mol. The summed E-state index contributed by atoms with van der Waals surface area (Å²) in [4.78, 5) is 39.8. The standard InChI is InChI=1S/C19H20ClN3O6S/c1-13(24)22-8-10-23(11-9-22)19(26)18(21-17(25)16-3-2-12-29-16)30(27,28)15-6-4-14(20)5-7-15/h2-7,12,18H,8-11H2,1H3,(H,21,25)/t18-/m1/s1. The van der Waals surface area contributed by atoms with E-state index in [-0.39, 0.29) is 42.7 Å². The molecule has 1 aromatic heterocycles. The molecule has 160 valence electrons. The fraction of sp³-hybridized carbons (Fsp3) is 0.316. The normalized spacial score (nSPS) is 15.5. The summed E-state index contributed by atoms with van der Waals surface area (Å²) in [5.41, 5.74) is 0. The first-order valence-electron chi connectivity index (χ1n) is 9.08. The molecule has 2 aromatic rings. The largest absolute Gasteiger partial charge is 0.459 e. The highest BCUT2D eigenvalue weighted by Gasteiger charge is 2.39. The Morgan fingerprint density at radius 1 is 1.03 bits per heavy atom. The van der Waals surface area contributed by atoms with E-state index in [1.54, 1.807) is 4.90 Å². The van der Waals surface area contributed by atoms with Gasteiger partial charge in [0.1, 0.15) is 0 Å². The maximum absolute atomic E-state index is 13.2. The van der Waals surface area contributed by atoms with Crippen molar-refractivity contribution in [3.8, 4) is 0 Å². The Morgan fingerprint density at radius 2 is 1.63 bits per heavy atom. The van der Waals surface area contributed by atoms with Crippen LogP contribution in [0.5, 0.6) is 0 Å². The highest BCUT2D eigenvalue weighted by atomic mass is 35.5. The summed E-state index contributed by atoms with van der Waals surface area (Å²) in [6.45, 7) is 2.29. The van der Waals surface area contributed by atoms with Crippen molar-refractivity contribution >= 4 is 39.2 Å². The molecule has 3 amide bonds. The molecular weight excluding hydrogens is 434 g/mol. The average molecular weight is 454 g/mol. The van der Waals surface area contributed by atoms with Gasteiger partial charge in [-0.15, -0.1) is 0 Å². The summed E-state index contributed by atoms with van der Waals surface area (Å²) >= 11 is 5.83. The van der Waals surface area contributed by atoms with Gasteiger partial charge in [-0.1, -0.05) is 11.6 Å². The molecule has 11 heteroatoms. The van der Waals surface area contributed by atoms with E-state index < -0.39 is 27.0 Å². The molecular formula is C19H20ClN3O6S. The Hall–Kier alpha value is -2.85. The van der Waals surface area contributed by atoms with E-state index >= 15 is 0 Å². The number of halogens is 1. The minimum absolute atomic E-state index is 0.125. The van der Waals surface area contributed by atoms with Crippen LogP contribution in [0.4, 0.5) is 0 Å². The summed E-state index contributed by atoms with van der Waals surface area (Å²) in [5.74, 6) is -1.87. The van der Waals surface area contributed by atoms with Gasteiger partial charge in [-0.2, -0.15) is 0 Å². The lowest BCUT2D eigenvalue weighted by Crippen LogP contribution is -2.57. The van der Waals surface area contributed by atoms with E-state index in [0.29, 0.717) is 5.02 Å². The number of nitrogens with one attached hydrogen (secondary N) is 1. The molecule has 0 saturated carbocycles. The fourth-order valence-electron chi connectivity index (χ4n) is 3.04. The molecule has 0 bridgehead atoms. The highest BCUT2D eigenvalue weighted by molar-refractivity contribution is 7.92. The molecule has 1 aliphatic rings. The van der Waals surface area contributed by atoms with Crippen molar-refractivity contribution in [2.75, 3.05) is 26.2 Å². The molecule has 0 spiro atoms. The predicted octanol–water partition coefficient (Wildman–Crippen LogP) is 1.15. The van der Waals surface area contributed by atoms with Gasteiger partial charge < -0.3 is 19.5 Å². The van der Waals surface area contributed by atoms with Crippen LogP contribution in [0.3, 0.4) is 0 Å². The Kier molecular flexibility index (Phi) is 6.47. The monoisotopic (exact) mass is 453 g/mol. The van der Waals surface area contributed by atoms with Crippen LogP contribution in [0.15, 0.2) is 52.0 Å². The topological polar surface area (TPSA) is 117 Å². The lowest BCUT2D eigenvalue weighted by molar-refractivity contribution is -0.138. The minimum atomic E-state index is -4.29. The Bertz CT molecular complexity index is 1030. The van der Waals surface area contributed by atoms with Crippen LogP contribution in [0.25, 0.3) is 0 Å². The number of sulfone groups is 1. The summed E-state index contributed by atoms with van der Waals surface area (Å²) in [6.07, 6.45) is 1.26. The maximum Gasteiger partial charge on any atom is 0.288 e. The molecule has 3 rings (SSSR count). The molecule has 0 radical (unpaired) electrons. The van der Waals surface area contributed by atoms with Crippen LogP contribution in [0.1, 0.15) is 17.5 Å². The average Bonchev–Trinajstić information content (AvgIpc) is 3.26. The van der Waals surface area contributed by atoms with E-state index in [1.807, 2.05) is 0 Å². The first kappa shape index (κ1) is 21.8. The summed E-state index contributed by atoms with van der Waals surface area (Å²) < 4.78 is 31.4. The van der Waals surface area contributed by atoms with Gasteiger partial charge in [-0.05, 0) is 36.4 Å². The zero-order valence-corrected chi connectivity index (χ0v) is 17.6. The molecule has 0 unspecified atom stereocenters. The minimum Gasteiger partial charge on any atom is -0.459 e. The number of nitrogens with zero attached hydrogens (tertiary/aromatic N) is 2. The number of hydrogen-bond acceptors (Lipinski definition) is 6. The van der Waals surface area contributed by atoms with Crippen LogP contribution >= 0.6 is 11.6 Å². The van der Waals surface area contributed by atoms with E-state index in [1.165, 1.54) is 54.5 Å². The summed E-state index contributed by atoms with van der Waals surface area (Å²) in [6, 6.07) is 8.14. The van der Waals surface area contributed by atoms with Crippen LogP contribution in [-0.4, -0.2) is 67.5 Å². The van der Waals surface area contributed by atoms with Crippen molar-refractivity contribution in [1.82, 2.24) is 15.1 Å².